The Hall–Kier alpha value is -2.71. The molecule has 0 saturated heterocycles. The first-order valence-corrected chi connectivity index (χ1v) is 12.6. The van der Waals surface area contributed by atoms with E-state index in [4.69, 9.17) is 4.42 Å². The lowest BCUT2D eigenvalue weighted by Crippen LogP contribution is -2.41. The summed E-state index contributed by atoms with van der Waals surface area (Å²) in [7, 11) is -3.87. The lowest BCUT2D eigenvalue weighted by molar-refractivity contribution is -0.119. The van der Waals surface area contributed by atoms with E-state index in [2.05, 4.69) is 5.32 Å². The fourth-order valence-electron chi connectivity index (χ4n) is 2.97. The molecule has 1 amide bonds. The van der Waals surface area contributed by atoms with Crippen LogP contribution in [0.2, 0.25) is 0 Å². The summed E-state index contributed by atoms with van der Waals surface area (Å²) in [5.74, 6) is 2.24. The first-order chi connectivity index (χ1) is 15.0. The molecule has 1 aromatic heterocycles. The number of nitrogens with zero attached hydrogens (tertiary/aromatic N) is 1. The van der Waals surface area contributed by atoms with Gasteiger partial charge in [-0.25, -0.2) is 8.42 Å². The van der Waals surface area contributed by atoms with Gasteiger partial charge in [-0.05, 0) is 61.1 Å². The molecule has 0 fully saturated rings. The van der Waals surface area contributed by atoms with Crippen molar-refractivity contribution >= 4 is 33.4 Å². The summed E-state index contributed by atoms with van der Waals surface area (Å²) in [5.41, 5.74) is 1.38. The smallest absolute Gasteiger partial charge is 0.264 e. The average molecular weight is 459 g/mol. The van der Waals surface area contributed by atoms with Gasteiger partial charge in [0.05, 0.1) is 22.6 Å². The fraction of sp³-hybridized carbons (Fsp3) is 0.261. The zero-order valence-corrected chi connectivity index (χ0v) is 19.0. The van der Waals surface area contributed by atoms with Crippen LogP contribution in [-0.4, -0.2) is 33.2 Å². The van der Waals surface area contributed by atoms with Crippen molar-refractivity contribution in [3.8, 4) is 0 Å². The summed E-state index contributed by atoms with van der Waals surface area (Å²) in [6, 6.07) is 19.1. The summed E-state index contributed by atoms with van der Waals surface area (Å²) in [6.07, 6.45) is 2.44. The summed E-state index contributed by atoms with van der Waals surface area (Å²) < 4.78 is 32.9. The van der Waals surface area contributed by atoms with E-state index in [0.717, 1.165) is 33.6 Å². The highest BCUT2D eigenvalue weighted by atomic mass is 32.2. The summed E-state index contributed by atoms with van der Waals surface area (Å²) >= 11 is 1.73. The van der Waals surface area contributed by atoms with Crippen LogP contribution in [0, 0.1) is 6.92 Å². The van der Waals surface area contributed by atoms with Gasteiger partial charge in [0.15, 0.2) is 0 Å². The maximum atomic E-state index is 13.2. The van der Waals surface area contributed by atoms with Crippen molar-refractivity contribution in [3.05, 3.63) is 84.3 Å². The third-order valence-corrected chi connectivity index (χ3v) is 7.37. The number of nitrogens with one attached hydrogen (secondary N) is 1. The Bertz CT molecular complexity index is 1070. The number of benzene rings is 2. The molecule has 0 aliphatic carbocycles. The van der Waals surface area contributed by atoms with Crippen molar-refractivity contribution in [3.63, 3.8) is 0 Å². The second-order valence-electron chi connectivity index (χ2n) is 7.00. The first-order valence-electron chi connectivity index (χ1n) is 9.98. The van der Waals surface area contributed by atoms with Crippen LogP contribution in [0.15, 0.2) is 82.3 Å². The molecule has 0 bridgehead atoms. The molecule has 0 spiro atoms. The normalized spacial score (nSPS) is 11.3. The van der Waals surface area contributed by atoms with Crippen molar-refractivity contribution in [1.82, 2.24) is 5.32 Å². The third-order valence-electron chi connectivity index (χ3n) is 4.52. The number of rotatable bonds is 11. The molecule has 1 N–H and O–H groups in total. The van der Waals surface area contributed by atoms with Gasteiger partial charge in [-0.15, -0.1) is 0 Å². The minimum absolute atomic E-state index is 0.152. The molecule has 31 heavy (non-hydrogen) atoms. The molecular formula is C23H26N2O4S2. The van der Waals surface area contributed by atoms with E-state index in [1.54, 1.807) is 54.4 Å². The number of amides is 1. The van der Waals surface area contributed by atoms with Crippen molar-refractivity contribution in [2.75, 3.05) is 23.1 Å². The molecule has 3 aromatic rings. The van der Waals surface area contributed by atoms with E-state index >= 15 is 0 Å². The number of thioether (sulfide) groups is 1. The largest absolute Gasteiger partial charge is 0.468 e. The SMILES string of the molecule is Cc1cccc(N(CC(=O)NCCCSCc2ccco2)S(=O)(=O)c2ccccc2)c1. The topological polar surface area (TPSA) is 79.6 Å². The van der Waals surface area contributed by atoms with E-state index in [1.807, 2.05) is 25.1 Å². The minimum Gasteiger partial charge on any atom is -0.468 e. The first kappa shape index (κ1) is 23.0. The van der Waals surface area contributed by atoms with Crippen LogP contribution in [-0.2, 0) is 20.6 Å². The van der Waals surface area contributed by atoms with E-state index in [9.17, 15) is 13.2 Å². The number of carbonyl (C=O) groups excluding carboxylic acids is 1. The van der Waals surface area contributed by atoms with Crippen LogP contribution in [0.4, 0.5) is 5.69 Å². The van der Waals surface area contributed by atoms with Crippen molar-refractivity contribution < 1.29 is 17.6 Å². The van der Waals surface area contributed by atoms with E-state index < -0.39 is 10.0 Å². The molecule has 0 radical (unpaired) electrons. The van der Waals surface area contributed by atoms with Crippen LogP contribution < -0.4 is 9.62 Å². The molecule has 1 heterocycles. The number of furan rings is 1. The molecule has 8 heteroatoms. The van der Waals surface area contributed by atoms with Gasteiger partial charge in [0.2, 0.25) is 5.91 Å². The van der Waals surface area contributed by atoms with E-state index in [0.29, 0.717) is 12.2 Å². The molecule has 0 unspecified atom stereocenters. The predicted octanol–water partition coefficient (Wildman–Crippen LogP) is 4.22. The lowest BCUT2D eigenvalue weighted by atomic mass is 10.2. The predicted molar refractivity (Wildman–Crippen MR) is 125 cm³/mol. The average Bonchev–Trinajstić information content (AvgIpc) is 3.28. The maximum Gasteiger partial charge on any atom is 0.264 e. The Kier molecular flexibility index (Phi) is 8.20. The van der Waals surface area contributed by atoms with Gasteiger partial charge in [-0.3, -0.25) is 9.10 Å². The Morgan fingerprint density at radius 2 is 1.87 bits per heavy atom. The molecule has 0 atom stereocenters. The summed E-state index contributed by atoms with van der Waals surface area (Å²) in [5, 5.41) is 2.83. The quantitative estimate of drug-likeness (QED) is 0.435. The van der Waals surface area contributed by atoms with Gasteiger partial charge >= 0.3 is 0 Å². The minimum atomic E-state index is -3.87. The van der Waals surface area contributed by atoms with Crippen LogP contribution in [0.1, 0.15) is 17.7 Å². The number of sulfonamides is 1. The van der Waals surface area contributed by atoms with Crippen molar-refractivity contribution in [1.29, 1.82) is 0 Å². The van der Waals surface area contributed by atoms with Gasteiger partial charge < -0.3 is 9.73 Å². The van der Waals surface area contributed by atoms with Gasteiger partial charge in [0, 0.05) is 6.54 Å². The van der Waals surface area contributed by atoms with Crippen molar-refractivity contribution in [2.24, 2.45) is 0 Å². The fourth-order valence-corrected chi connectivity index (χ4v) is 5.27. The van der Waals surface area contributed by atoms with Crippen molar-refractivity contribution in [2.45, 2.75) is 24.0 Å². The zero-order valence-electron chi connectivity index (χ0n) is 17.4. The summed E-state index contributed by atoms with van der Waals surface area (Å²) in [6.45, 7) is 2.09. The Morgan fingerprint density at radius 1 is 1.06 bits per heavy atom. The molecular weight excluding hydrogens is 432 g/mol. The standard InChI is InChI=1S/C23H26N2O4S2/c1-19-8-5-9-20(16-19)25(31(27,28)22-11-3-2-4-12-22)17-23(26)24-13-7-15-30-18-21-10-6-14-29-21/h2-6,8-12,14,16H,7,13,15,17-18H2,1H3,(H,24,26). The van der Waals surface area contributed by atoms with Crippen LogP contribution in [0.3, 0.4) is 0 Å². The molecule has 0 saturated carbocycles. The van der Waals surface area contributed by atoms with Crippen LogP contribution in [0.5, 0.6) is 0 Å². The Morgan fingerprint density at radius 3 is 2.58 bits per heavy atom. The molecule has 2 aromatic carbocycles. The van der Waals surface area contributed by atoms with Gasteiger partial charge in [0.1, 0.15) is 12.3 Å². The van der Waals surface area contributed by atoms with Gasteiger partial charge in [-0.1, -0.05) is 30.3 Å². The second kappa shape index (κ2) is 11.1. The number of hydrogen-bond acceptors (Lipinski definition) is 5. The number of aryl methyl sites for hydroxylation is 1. The highest BCUT2D eigenvalue weighted by Crippen LogP contribution is 2.24. The molecule has 3 rings (SSSR count). The summed E-state index contributed by atoms with van der Waals surface area (Å²) in [4.78, 5) is 12.7. The monoisotopic (exact) mass is 458 g/mol. The third kappa shape index (κ3) is 6.63. The lowest BCUT2D eigenvalue weighted by Gasteiger charge is -2.24. The van der Waals surface area contributed by atoms with Gasteiger partial charge in [0.25, 0.3) is 10.0 Å². The number of hydrogen-bond donors (Lipinski definition) is 1. The zero-order chi connectivity index (χ0) is 22.1. The second-order valence-corrected chi connectivity index (χ2v) is 9.97. The maximum absolute atomic E-state index is 13.2. The molecule has 164 valence electrons. The van der Waals surface area contributed by atoms with E-state index in [1.165, 1.54) is 12.1 Å². The van der Waals surface area contributed by atoms with E-state index in [-0.39, 0.29) is 17.3 Å². The highest BCUT2D eigenvalue weighted by Gasteiger charge is 2.27. The molecule has 6 nitrogen and oxygen atoms in total. The van der Waals surface area contributed by atoms with Crippen LogP contribution in [0.25, 0.3) is 0 Å². The Labute approximate surface area is 187 Å². The number of anilines is 1. The van der Waals surface area contributed by atoms with Crippen LogP contribution >= 0.6 is 11.8 Å². The molecule has 0 aliphatic heterocycles. The number of carbonyl (C=O) groups is 1. The van der Waals surface area contributed by atoms with Gasteiger partial charge in [-0.2, -0.15) is 11.8 Å². The Balaban J connectivity index is 1.60. The highest BCUT2D eigenvalue weighted by molar-refractivity contribution is 7.98. The molecule has 0 aliphatic rings.